The first kappa shape index (κ1) is 19.2. The number of pyridine rings is 1. The lowest BCUT2D eigenvalue weighted by Crippen LogP contribution is -2.67. The number of nitrogens with zero attached hydrogens (tertiary/aromatic N) is 3. The van der Waals surface area contributed by atoms with Crippen LogP contribution in [0.2, 0.25) is 0 Å². The number of rotatable bonds is 2. The maximum atomic E-state index is 14.2. The summed E-state index contributed by atoms with van der Waals surface area (Å²) in [5.41, 5.74) is 3.47. The zero-order chi connectivity index (χ0) is 21.3. The molecule has 5 nitrogen and oxygen atoms in total. The summed E-state index contributed by atoms with van der Waals surface area (Å²) in [6, 6.07) is 9.01. The minimum Gasteiger partial charge on any atom is -0.380 e. The molecule has 3 aromatic rings. The first-order valence-electron chi connectivity index (χ1n) is 10.3. The van der Waals surface area contributed by atoms with Crippen molar-refractivity contribution in [3.05, 3.63) is 53.6 Å². The maximum Gasteiger partial charge on any atom is 0.272 e. The second kappa shape index (κ2) is 6.38. The summed E-state index contributed by atoms with van der Waals surface area (Å²) < 4.78 is 21.6. The second-order valence-corrected chi connectivity index (χ2v) is 9.77. The van der Waals surface area contributed by atoms with Gasteiger partial charge < -0.3 is 14.2 Å². The summed E-state index contributed by atoms with van der Waals surface area (Å²) >= 11 is 0. The van der Waals surface area contributed by atoms with Gasteiger partial charge >= 0.3 is 0 Å². The van der Waals surface area contributed by atoms with Gasteiger partial charge in [0.15, 0.2) is 0 Å². The summed E-state index contributed by atoms with van der Waals surface area (Å²) in [4.78, 5) is 19.6. The molecule has 0 saturated carbocycles. The van der Waals surface area contributed by atoms with E-state index >= 15 is 0 Å². The summed E-state index contributed by atoms with van der Waals surface area (Å²) in [6.45, 7) is 11.0. The first-order chi connectivity index (χ1) is 14.2. The monoisotopic (exact) mass is 407 g/mol. The standard InChI is InChI=1S/C24H26FN3O2/c1-15-5-6-16(9-19(15)25)18-10-28(23(2,3)4)21-17(18)7-8-20(26-21)22(29)27-11-24(12-27)13-30-14-24/h5-10H,11-14H2,1-4H3. The first-order valence-corrected chi connectivity index (χ1v) is 10.3. The predicted octanol–water partition coefficient (Wildman–Crippen LogP) is 4.38. The van der Waals surface area contributed by atoms with Crippen LogP contribution < -0.4 is 0 Å². The van der Waals surface area contributed by atoms with Crippen LogP contribution in [0.15, 0.2) is 36.5 Å². The molecule has 30 heavy (non-hydrogen) atoms. The second-order valence-electron chi connectivity index (χ2n) is 9.77. The molecule has 2 aliphatic heterocycles. The van der Waals surface area contributed by atoms with E-state index in [1.807, 2.05) is 23.2 Å². The van der Waals surface area contributed by atoms with E-state index in [1.54, 1.807) is 25.1 Å². The lowest BCUT2D eigenvalue weighted by molar-refractivity contribution is -0.176. The smallest absolute Gasteiger partial charge is 0.272 e. The molecular weight excluding hydrogens is 381 g/mol. The Morgan fingerprint density at radius 1 is 1.17 bits per heavy atom. The van der Waals surface area contributed by atoms with Gasteiger partial charge in [-0.3, -0.25) is 4.79 Å². The number of likely N-dealkylation sites (tertiary alicyclic amines) is 1. The molecule has 2 aromatic heterocycles. The quantitative estimate of drug-likeness (QED) is 0.633. The minimum atomic E-state index is -0.238. The zero-order valence-electron chi connectivity index (χ0n) is 17.8. The average Bonchev–Trinajstić information content (AvgIpc) is 3.00. The van der Waals surface area contributed by atoms with Crippen LogP contribution in [0.5, 0.6) is 0 Å². The van der Waals surface area contributed by atoms with Crippen molar-refractivity contribution >= 4 is 16.9 Å². The molecule has 0 unspecified atom stereocenters. The summed E-state index contributed by atoms with van der Waals surface area (Å²) in [7, 11) is 0. The van der Waals surface area contributed by atoms with Crippen molar-refractivity contribution in [2.24, 2.45) is 5.41 Å². The number of halogens is 1. The third-order valence-corrected chi connectivity index (χ3v) is 6.23. The highest BCUT2D eigenvalue weighted by Crippen LogP contribution is 2.39. The van der Waals surface area contributed by atoms with E-state index in [2.05, 4.69) is 25.3 Å². The summed E-state index contributed by atoms with van der Waals surface area (Å²) in [5.74, 6) is -0.269. The molecule has 1 spiro atoms. The molecular formula is C24H26FN3O2. The van der Waals surface area contributed by atoms with Crippen LogP contribution in [0, 0.1) is 18.2 Å². The Morgan fingerprint density at radius 2 is 1.90 bits per heavy atom. The largest absolute Gasteiger partial charge is 0.380 e. The third kappa shape index (κ3) is 2.93. The molecule has 2 fully saturated rings. The number of fused-ring (bicyclic) bond motifs is 1. The fraction of sp³-hybridized carbons (Fsp3) is 0.417. The van der Waals surface area contributed by atoms with Gasteiger partial charge in [-0.1, -0.05) is 12.1 Å². The van der Waals surface area contributed by atoms with Crippen LogP contribution in [0.3, 0.4) is 0 Å². The van der Waals surface area contributed by atoms with Gasteiger partial charge in [-0.15, -0.1) is 0 Å². The summed E-state index contributed by atoms with van der Waals surface area (Å²) in [5, 5.41) is 0.914. The molecule has 0 atom stereocenters. The van der Waals surface area contributed by atoms with Crippen molar-refractivity contribution in [3.63, 3.8) is 0 Å². The molecule has 2 aliphatic rings. The number of carbonyl (C=O) groups excluding carboxylic acids is 1. The van der Waals surface area contributed by atoms with Gasteiger partial charge in [0, 0.05) is 35.8 Å². The van der Waals surface area contributed by atoms with E-state index < -0.39 is 0 Å². The van der Waals surface area contributed by atoms with Gasteiger partial charge in [0.25, 0.3) is 5.91 Å². The van der Waals surface area contributed by atoms with Gasteiger partial charge in [-0.25, -0.2) is 9.37 Å². The van der Waals surface area contributed by atoms with Crippen LogP contribution in [0.25, 0.3) is 22.2 Å². The molecule has 156 valence electrons. The Labute approximate surface area is 175 Å². The molecule has 0 N–H and O–H groups in total. The van der Waals surface area contributed by atoms with Crippen molar-refractivity contribution in [1.82, 2.24) is 14.5 Å². The maximum absolute atomic E-state index is 14.2. The highest BCUT2D eigenvalue weighted by Gasteiger charge is 2.50. The van der Waals surface area contributed by atoms with Gasteiger partial charge in [-0.2, -0.15) is 0 Å². The number of amides is 1. The number of hydrogen-bond donors (Lipinski definition) is 0. The Hall–Kier alpha value is -2.73. The Kier molecular flexibility index (Phi) is 4.09. The highest BCUT2D eigenvalue weighted by molar-refractivity contribution is 5.99. The SMILES string of the molecule is Cc1ccc(-c2cn(C(C)(C)C)c3nc(C(=O)N4CC5(COC5)C4)ccc23)cc1F. The molecule has 0 radical (unpaired) electrons. The molecule has 5 rings (SSSR count). The lowest BCUT2D eigenvalue weighted by atomic mass is 9.78. The van der Waals surface area contributed by atoms with Gasteiger partial charge in [0.05, 0.1) is 18.6 Å². The molecule has 2 saturated heterocycles. The van der Waals surface area contributed by atoms with E-state index in [-0.39, 0.29) is 22.7 Å². The van der Waals surface area contributed by atoms with Gasteiger partial charge in [-0.05, 0) is 57.0 Å². The van der Waals surface area contributed by atoms with Gasteiger partial charge in [0.1, 0.15) is 17.2 Å². The fourth-order valence-corrected chi connectivity index (χ4v) is 4.37. The van der Waals surface area contributed by atoms with Crippen LogP contribution in [0.4, 0.5) is 4.39 Å². The molecule has 1 aromatic carbocycles. The number of aryl methyl sites for hydroxylation is 1. The van der Waals surface area contributed by atoms with Crippen molar-refractivity contribution in [3.8, 4) is 11.1 Å². The number of carbonyl (C=O) groups is 1. The van der Waals surface area contributed by atoms with E-state index in [0.717, 1.165) is 48.5 Å². The lowest BCUT2D eigenvalue weighted by Gasteiger charge is -2.54. The molecule has 4 heterocycles. The molecule has 6 heteroatoms. The van der Waals surface area contributed by atoms with Crippen LogP contribution in [-0.2, 0) is 10.3 Å². The van der Waals surface area contributed by atoms with E-state index in [9.17, 15) is 9.18 Å². The minimum absolute atomic E-state index is 0.0426. The van der Waals surface area contributed by atoms with Gasteiger partial charge in [0.2, 0.25) is 0 Å². The third-order valence-electron chi connectivity index (χ3n) is 6.23. The number of benzene rings is 1. The molecule has 0 aliphatic carbocycles. The number of aromatic nitrogens is 2. The number of ether oxygens (including phenoxy) is 1. The fourth-order valence-electron chi connectivity index (χ4n) is 4.37. The van der Waals surface area contributed by atoms with Crippen molar-refractivity contribution in [2.45, 2.75) is 33.2 Å². The Morgan fingerprint density at radius 3 is 2.50 bits per heavy atom. The predicted molar refractivity (Wildman–Crippen MR) is 114 cm³/mol. The van der Waals surface area contributed by atoms with Crippen molar-refractivity contribution < 1.29 is 13.9 Å². The van der Waals surface area contributed by atoms with Crippen molar-refractivity contribution in [2.75, 3.05) is 26.3 Å². The Bertz CT molecular complexity index is 1160. The van der Waals surface area contributed by atoms with E-state index in [0.29, 0.717) is 11.3 Å². The number of hydrogen-bond acceptors (Lipinski definition) is 3. The van der Waals surface area contributed by atoms with E-state index in [1.165, 1.54) is 0 Å². The highest BCUT2D eigenvalue weighted by atomic mass is 19.1. The van der Waals surface area contributed by atoms with Crippen LogP contribution in [-0.4, -0.2) is 46.7 Å². The molecule has 1 amide bonds. The summed E-state index contributed by atoms with van der Waals surface area (Å²) in [6.07, 6.45) is 2.01. The topological polar surface area (TPSA) is 47.4 Å². The van der Waals surface area contributed by atoms with Crippen LogP contribution >= 0.6 is 0 Å². The molecule has 0 bridgehead atoms. The average molecular weight is 407 g/mol. The van der Waals surface area contributed by atoms with Crippen LogP contribution in [0.1, 0.15) is 36.8 Å². The Balaban J connectivity index is 1.57. The van der Waals surface area contributed by atoms with Crippen molar-refractivity contribution in [1.29, 1.82) is 0 Å². The normalized spacial score (nSPS) is 17.8. The van der Waals surface area contributed by atoms with E-state index in [4.69, 9.17) is 9.72 Å². The zero-order valence-corrected chi connectivity index (χ0v) is 17.8.